The average Bonchev–Trinajstić information content (AvgIpc) is 2.99. The minimum atomic E-state index is -0.0883. The van der Waals surface area contributed by atoms with Crippen LogP contribution in [0.15, 0.2) is 48.5 Å². The summed E-state index contributed by atoms with van der Waals surface area (Å²) in [6, 6.07) is 16.6. The molecule has 0 atom stereocenters. The van der Waals surface area contributed by atoms with Gasteiger partial charge in [-0.2, -0.15) is 0 Å². The zero-order valence-electron chi connectivity index (χ0n) is 13.5. The topological polar surface area (TPSA) is 50.9 Å². The Hall–Kier alpha value is -2.46. The Bertz CT molecular complexity index is 794. The monoisotopic (exact) mass is 307 g/mol. The summed E-state index contributed by atoms with van der Waals surface area (Å²) in [7, 11) is 0. The van der Waals surface area contributed by atoms with E-state index in [2.05, 4.69) is 48.4 Å². The van der Waals surface area contributed by atoms with Crippen LogP contribution in [-0.2, 0) is 19.4 Å². The summed E-state index contributed by atoms with van der Waals surface area (Å²) in [6.45, 7) is 4.09. The molecular formula is C19H21N3O. The van der Waals surface area contributed by atoms with Gasteiger partial charge in [0.05, 0.1) is 18.0 Å². The van der Waals surface area contributed by atoms with E-state index in [1.54, 1.807) is 0 Å². The number of benzene rings is 2. The van der Waals surface area contributed by atoms with Gasteiger partial charge in [0.15, 0.2) is 0 Å². The molecule has 23 heavy (non-hydrogen) atoms. The minimum absolute atomic E-state index is 0.0883. The summed E-state index contributed by atoms with van der Waals surface area (Å²) in [5.74, 6) is 0. The van der Waals surface area contributed by atoms with Gasteiger partial charge in [-0.1, -0.05) is 41.6 Å². The lowest BCUT2D eigenvalue weighted by Gasteiger charge is -2.10. The van der Waals surface area contributed by atoms with Crippen LogP contribution in [0.25, 0.3) is 5.69 Å². The third-order valence-corrected chi connectivity index (χ3v) is 4.22. The number of aryl methyl sites for hydroxylation is 3. The third-order valence-electron chi connectivity index (χ3n) is 4.22. The molecule has 0 spiro atoms. The Morgan fingerprint density at radius 2 is 1.74 bits per heavy atom. The van der Waals surface area contributed by atoms with Crippen molar-refractivity contribution in [2.75, 3.05) is 0 Å². The molecule has 0 unspecified atom stereocenters. The number of hydrogen-bond donors (Lipinski definition) is 1. The molecular weight excluding hydrogens is 286 g/mol. The molecule has 118 valence electrons. The van der Waals surface area contributed by atoms with Crippen molar-refractivity contribution < 1.29 is 5.11 Å². The molecule has 0 fully saturated rings. The fraction of sp³-hybridized carbons (Fsp3) is 0.263. The maximum atomic E-state index is 9.56. The Morgan fingerprint density at radius 1 is 0.957 bits per heavy atom. The average molecular weight is 307 g/mol. The van der Waals surface area contributed by atoms with Crippen LogP contribution in [0.1, 0.15) is 28.1 Å². The SMILES string of the molecule is Cc1ccc(-n2nnc(CO)c2CCc2ccccc2)cc1C. The van der Waals surface area contributed by atoms with E-state index < -0.39 is 0 Å². The van der Waals surface area contributed by atoms with Gasteiger partial charge in [-0.15, -0.1) is 5.10 Å². The predicted octanol–water partition coefficient (Wildman–Crippen LogP) is 3.16. The second-order valence-corrected chi connectivity index (χ2v) is 5.81. The molecule has 0 bridgehead atoms. The fourth-order valence-corrected chi connectivity index (χ4v) is 2.68. The van der Waals surface area contributed by atoms with Crippen LogP contribution < -0.4 is 0 Å². The highest BCUT2D eigenvalue weighted by atomic mass is 16.3. The van der Waals surface area contributed by atoms with Crippen LogP contribution in [0.3, 0.4) is 0 Å². The van der Waals surface area contributed by atoms with Crippen molar-refractivity contribution >= 4 is 0 Å². The minimum Gasteiger partial charge on any atom is -0.390 e. The summed E-state index contributed by atoms with van der Waals surface area (Å²) < 4.78 is 1.85. The lowest BCUT2D eigenvalue weighted by atomic mass is 10.1. The highest BCUT2D eigenvalue weighted by molar-refractivity contribution is 5.40. The van der Waals surface area contributed by atoms with Crippen molar-refractivity contribution in [1.82, 2.24) is 15.0 Å². The van der Waals surface area contributed by atoms with Gasteiger partial charge in [-0.25, -0.2) is 4.68 Å². The summed E-state index contributed by atoms with van der Waals surface area (Å²) in [6.07, 6.45) is 1.69. The largest absolute Gasteiger partial charge is 0.390 e. The number of aliphatic hydroxyl groups excluding tert-OH is 1. The maximum absolute atomic E-state index is 9.56. The van der Waals surface area contributed by atoms with Crippen molar-refractivity contribution in [2.24, 2.45) is 0 Å². The van der Waals surface area contributed by atoms with Gasteiger partial charge >= 0.3 is 0 Å². The van der Waals surface area contributed by atoms with Gasteiger partial charge in [0.1, 0.15) is 5.69 Å². The summed E-state index contributed by atoms with van der Waals surface area (Å²) in [5, 5.41) is 17.9. The van der Waals surface area contributed by atoms with Crippen molar-refractivity contribution in [3.05, 3.63) is 76.6 Å². The van der Waals surface area contributed by atoms with Gasteiger partial charge < -0.3 is 5.11 Å². The smallest absolute Gasteiger partial charge is 0.112 e. The molecule has 1 aromatic heterocycles. The molecule has 4 heteroatoms. The summed E-state index contributed by atoms with van der Waals surface area (Å²) in [5.41, 5.74) is 6.35. The third kappa shape index (κ3) is 3.32. The standard InChI is InChI=1S/C19H21N3O/c1-14-8-10-17(12-15(14)2)22-19(18(13-23)20-21-22)11-9-16-6-4-3-5-7-16/h3-8,10,12,23H,9,11,13H2,1-2H3. The van der Waals surface area contributed by atoms with E-state index in [1.807, 2.05) is 28.9 Å². The maximum Gasteiger partial charge on any atom is 0.112 e. The Morgan fingerprint density at radius 3 is 2.43 bits per heavy atom. The van der Waals surface area contributed by atoms with Crippen LogP contribution in [0.2, 0.25) is 0 Å². The number of aromatic nitrogens is 3. The van der Waals surface area contributed by atoms with E-state index in [-0.39, 0.29) is 6.61 Å². The lowest BCUT2D eigenvalue weighted by molar-refractivity contribution is 0.275. The first-order chi connectivity index (χ1) is 11.2. The molecule has 3 aromatic rings. The molecule has 0 aliphatic rings. The molecule has 3 rings (SSSR count). The van der Waals surface area contributed by atoms with Crippen molar-refractivity contribution in [1.29, 1.82) is 0 Å². The van der Waals surface area contributed by atoms with E-state index in [0.29, 0.717) is 5.69 Å². The van der Waals surface area contributed by atoms with Crippen LogP contribution in [-0.4, -0.2) is 20.1 Å². The summed E-state index contributed by atoms with van der Waals surface area (Å²) in [4.78, 5) is 0. The first kappa shape index (κ1) is 15.4. The number of hydrogen-bond acceptors (Lipinski definition) is 3. The first-order valence-corrected chi connectivity index (χ1v) is 7.85. The lowest BCUT2D eigenvalue weighted by Crippen LogP contribution is -2.06. The van der Waals surface area contributed by atoms with Crippen LogP contribution in [0.5, 0.6) is 0 Å². The highest BCUT2D eigenvalue weighted by Crippen LogP contribution is 2.18. The van der Waals surface area contributed by atoms with E-state index in [4.69, 9.17) is 0 Å². The molecule has 0 aliphatic heterocycles. The van der Waals surface area contributed by atoms with Crippen molar-refractivity contribution in [3.63, 3.8) is 0 Å². The normalized spacial score (nSPS) is 10.9. The molecule has 0 aliphatic carbocycles. The number of aliphatic hydroxyl groups is 1. The highest BCUT2D eigenvalue weighted by Gasteiger charge is 2.14. The van der Waals surface area contributed by atoms with Gasteiger partial charge in [0.2, 0.25) is 0 Å². The fourth-order valence-electron chi connectivity index (χ4n) is 2.68. The molecule has 0 radical (unpaired) electrons. The first-order valence-electron chi connectivity index (χ1n) is 7.85. The van der Waals surface area contributed by atoms with Crippen LogP contribution in [0, 0.1) is 13.8 Å². The molecule has 0 saturated carbocycles. The van der Waals surface area contributed by atoms with Crippen molar-refractivity contribution in [3.8, 4) is 5.69 Å². The zero-order chi connectivity index (χ0) is 16.2. The number of nitrogens with zero attached hydrogens (tertiary/aromatic N) is 3. The van der Waals surface area contributed by atoms with E-state index >= 15 is 0 Å². The van der Waals surface area contributed by atoms with Gasteiger partial charge in [-0.05, 0) is 55.5 Å². The molecule has 0 saturated heterocycles. The van der Waals surface area contributed by atoms with E-state index in [9.17, 15) is 5.11 Å². The Balaban J connectivity index is 1.92. The van der Waals surface area contributed by atoms with Crippen molar-refractivity contribution in [2.45, 2.75) is 33.3 Å². The Labute approximate surface area is 136 Å². The zero-order valence-corrected chi connectivity index (χ0v) is 13.5. The van der Waals surface area contributed by atoms with Crippen LogP contribution in [0.4, 0.5) is 0 Å². The number of rotatable bonds is 5. The molecule has 1 N–H and O–H groups in total. The Kier molecular flexibility index (Phi) is 4.53. The molecule has 2 aromatic carbocycles. The second kappa shape index (κ2) is 6.75. The molecule has 4 nitrogen and oxygen atoms in total. The second-order valence-electron chi connectivity index (χ2n) is 5.81. The molecule has 0 amide bonds. The van der Waals surface area contributed by atoms with E-state index in [0.717, 1.165) is 24.2 Å². The quantitative estimate of drug-likeness (QED) is 0.787. The van der Waals surface area contributed by atoms with Gasteiger partial charge in [-0.3, -0.25) is 0 Å². The summed E-state index contributed by atoms with van der Waals surface area (Å²) >= 11 is 0. The van der Waals surface area contributed by atoms with E-state index in [1.165, 1.54) is 16.7 Å². The molecule has 1 heterocycles. The van der Waals surface area contributed by atoms with Gasteiger partial charge in [0, 0.05) is 0 Å². The predicted molar refractivity (Wildman–Crippen MR) is 90.6 cm³/mol. The van der Waals surface area contributed by atoms with Gasteiger partial charge in [0.25, 0.3) is 0 Å². The van der Waals surface area contributed by atoms with Crippen LogP contribution >= 0.6 is 0 Å².